The van der Waals surface area contributed by atoms with Gasteiger partial charge in [-0.15, -0.1) is 0 Å². The summed E-state index contributed by atoms with van der Waals surface area (Å²) < 4.78 is 0. The lowest BCUT2D eigenvalue weighted by Gasteiger charge is -2.30. The van der Waals surface area contributed by atoms with Crippen LogP contribution in [0.25, 0.3) is 43.8 Å². The summed E-state index contributed by atoms with van der Waals surface area (Å²) in [5.41, 5.74) is 28.0. The number of rotatable bonds is 6. The Labute approximate surface area is 392 Å². The molecule has 0 N–H and O–H groups in total. The van der Waals surface area contributed by atoms with Crippen LogP contribution in [0.2, 0.25) is 0 Å². The molecule has 9 aromatic rings. The fourth-order valence-corrected chi connectivity index (χ4v) is 11.3. The molecule has 66 heavy (non-hydrogen) atoms. The zero-order chi connectivity index (χ0) is 46.1. The standard InChI is InChI=1S/C64H60N2/c1-37-21-25-45(29-41(37)5)65(46-26-22-38(2)42(6)30-46)59-35-57-61(51-19-15-13-17-49(51)59)53-33-56-54(34-55(53)63(57,9)10)62-52-20-16-14-18-50(52)60(36-58(62)64(56,11)12)66(47-27-23-39(3)43(7)31-47)48-28-24-40(4)44(8)32-48/h13-36H,1-12H3. The van der Waals surface area contributed by atoms with E-state index in [-0.39, 0.29) is 10.8 Å². The van der Waals surface area contributed by atoms with Gasteiger partial charge in [0.2, 0.25) is 0 Å². The maximum absolute atomic E-state index is 2.59. The predicted octanol–water partition coefficient (Wildman–Crippen LogP) is 18.0. The van der Waals surface area contributed by atoms with Crippen molar-refractivity contribution in [1.82, 2.24) is 0 Å². The lowest BCUT2D eigenvalue weighted by atomic mass is 9.79. The van der Waals surface area contributed by atoms with Crippen LogP contribution in [0.1, 0.15) is 94.5 Å². The summed E-state index contributed by atoms with van der Waals surface area (Å²) in [5, 5.41) is 5.11. The molecule has 0 unspecified atom stereocenters. The molecule has 0 amide bonds. The van der Waals surface area contributed by atoms with Crippen molar-refractivity contribution in [3.63, 3.8) is 0 Å². The molecule has 0 radical (unpaired) electrons. The summed E-state index contributed by atoms with van der Waals surface area (Å²) in [6.45, 7) is 27.5. The molecule has 2 aliphatic rings. The van der Waals surface area contributed by atoms with Crippen LogP contribution in [0.3, 0.4) is 0 Å². The van der Waals surface area contributed by atoms with Crippen molar-refractivity contribution >= 4 is 55.7 Å². The summed E-state index contributed by atoms with van der Waals surface area (Å²) in [6.07, 6.45) is 0. The van der Waals surface area contributed by atoms with Gasteiger partial charge in [0.15, 0.2) is 0 Å². The summed E-state index contributed by atoms with van der Waals surface area (Å²) in [7, 11) is 0. The Bertz CT molecular complexity index is 3190. The van der Waals surface area contributed by atoms with E-state index in [1.807, 2.05) is 0 Å². The Kier molecular flexibility index (Phi) is 9.37. The quantitative estimate of drug-likeness (QED) is 0.164. The molecule has 2 aliphatic carbocycles. The van der Waals surface area contributed by atoms with Crippen LogP contribution in [0, 0.1) is 55.4 Å². The average Bonchev–Trinajstić information content (AvgIpc) is 3.66. The van der Waals surface area contributed by atoms with Crippen molar-refractivity contribution in [2.24, 2.45) is 0 Å². The van der Waals surface area contributed by atoms with Gasteiger partial charge in [0, 0.05) is 44.4 Å². The van der Waals surface area contributed by atoms with Gasteiger partial charge in [-0.3, -0.25) is 0 Å². The minimum atomic E-state index is -0.261. The fourth-order valence-electron chi connectivity index (χ4n) is 11.3. The highest BCUT2D eigenvalue weighted by Crippen LogP contribution is 2.61. The molecule has 0 bridgehead atoms. The first kappa shape index (κ1) is 41.8. The first-order chi connectivity index (χ1) is 31.5. The SMILES string of the molecule is Cc1ccc(N(c2ccc(C)c(C)c2)c2cc3c(c4ccccc24)-c2cc4c(cc2C3(C)C)-c2c(cc(N(c3ccc(C)c(C)c3)c3ccc(C)c(C)c3)c3ccccc23)C4(C)C)cc1C. The molecule has 2 heteroatoms. The number of fused-ring (bicyclic) bond motifs is 10. The van der Waals surface area contributed by atoms with Gasteiger partial charge in [-0.25, -0.2) is 0 Å². The molecule has 9 aromatic carbocycles. The average molecular weight is 857 g/mol. The number of benzene rings is 9. The van der Waals surface area contributed by atoms with E-state index in [0.717, 1.165) is 0 Å². The monoisotopic (exact) mass is 856 g/mol. The van der Waals surface area contributed by atoms with Gasteiger partial charge in [0.05, 0.1) is 11.4 Å². The number of hydrogen-bond acceptors (Lipinski definition) is 2. The largest absolute Gasteiger partial charge is 0.310 e. The van der Waals surface area contributed by atoms with E-state index in [2.05, 4.69) is 238 Å². The van der Waals surface area contributed by atoms with E-state index < -0.39 is 0 Å². The van der Waals surface area contributed by atoms with Crippen molar-refractivity contribution < 1.29 is 0 Å². The predicted molar refractivity (Wildman–Crippen MR) is 284 cm³/mol. The highest BCUT2D eigenvalue weighted by molar-refractivity contribution is 6.13. The van der Waals surface area contributed by atoms with Gasteiger partial charge in [0.25, 0.3) is 0 Å². The van der Waals surface area contributed by atoms with Crippen LogP contribution in [-0.4, -0.2) is 0 Å². The van der Waals surface area contributed by atoms with Crippen molar-refractivity contribution in [3.05, 3.63) is 212 Å². The Morgan fingerprint density at radius 3 is 0.864 bits per heavy atom. The van der Waals surface area contributed by atoms with Crippen LogP contribution in [0.5, 0.6) is 0 Å². The third-order valence-corrected chi connectivity index (χ3v) is 15.9. The molecule has 0 saturated heterocycles. The first-order valence-electron chi connectivity index (χ1n) is 23.8. The highest BCUT2D eigenvalue weighted by Gasteiger charge is 2.44. The summed E-state index contributed by atoms with van der Waals surface area (Å²) in [5.74, 6) is 0. The van der Waals surface area contributed by atoms with E-state index >= 15 is 0 Å². The molecule has 11 rings (SSSR count). The lowest BCUT2D eigenvalue weighted by Crippen LogP contribution is -2.18. The Morgan fingerprint density at radius 2 is 0.576 bits per heavy atom. The smallest absolute Gasteiger partial charge is 0.0543 e. The van der Waals surface area contributed by atoms with Gasteiger partial charge in [0.1, 0.15) is 0 Å². The minimum Gasteiger partial charge on any atom is -0.310 e. The van der Waals surface area contributed by atoms with Crippen molar-refractivity contribution in [1.29, 1.82) is 0 Å². The van der Waals surface area contributed by atoms with Gasteiger partial charge in [-0.1, -0.05) is 100 Å². The van der Waals surface area contributed by atoms with E-state index in [9.17, 15) is 0 Å². The van der Waals surface area contributed by atoms with Crippen LogP contribution in [0.15, 0.2) is 146 Å². The van der Waals surface area contributed by atoms with E-state index in [0.29, 0.717) is 0 Å². The second kappa shape index (κ2) is 14.8. The Balaban J connectivity index is 1.14. The lowest BCUT2D eigenvalue weighted by molar-refractivity contribution is 0.652. The van der Waals surface area contributed by atoms with E-state index in [4.69, 9.17) is 0 Å². The highest BCUT2D eigenvalue weighted by atomic mass is 15.1. The molecule has 326 valence electrons. The second-order valence-corrected chi connectivity index (χ2v) is 20.7. The number of anilines is 6. The number of nitrogens with zero attached hydrogens (tertiary/aromatic N) is 2. The molecule has 0 saturated carbocycles. The third kappa shape index (κ3) is 6.14. The summed E-state index contributed by atoms with van der Waals surface area (Å²) >= 11 is 0. The fraction of sp³-hybridized carbons (Fsp3) is 0.219. The topological polar surface area (TPSA) is 6.48 Å². The Hall–Kier alpha value is -6.90. The van der Waals surface area contributed by atoms with Gasteiger partial charge in [-0.2, -0.15) is 0 Å². The van der Waals surface area contributed by atoms with Crippen LogP contribution in [0.4, 0.5) is 34.1 Å². The van der Waals surface area contributed by atoms with Gasteiger partial charge < -0.3 is 9.80 Å². The number of aryl methyl sites for hydroxylation is 8. The van der Waals surface area contributed by atoms with E-state index in [1.54, 1.807) is 0 Å². The molecular formula is C64H60N2. The second-order valence-electron chi connectivity index (χ2n) is 20.7. The molecule has 0 aliphatic heterocycles. The van der Waals surface area contributed by atoms with Crippen LogP contribution < -0.4 is 9.80 Å². The number of hydrogen-bond donors (Lipinski definition) is 0. The molecule has 0 heterocycles. The maximum Gasteiger partial charge on any atom is 0.0543 e. The molecule has 0 aromatic heterocycles. The third-order valence-electron chi connectivity index (χ3n) is 15.9. The van der Waals surface area contributed by atoms with Crippen molar-refractivity contribution in [2.75, 3.05) is 9.80 Å². The zero-order valence-corrected chi connectivity index (χ0v) is 40.8. The summed E-state index contributed by atoms with van der Waals surface area (Å²) in [6, 6.07) is 56.2. The van der Waals surface area contributed by atoms with E-state index in [1.165, 1.54) is 145 Å². The molecule has 0 spiro atoms. The van der Waals surface area contributed by atoms with Crippen LogP contribution >= 0.6 is 0 Å². The van der Waals surface area contributed by atoms with Crippen LogP contribution in [-0.2, 0) is 10.8 Å². The zero-order valence-electron chi connectivity index (χ0n) is 40.8. The summed E-state index contributed by atoms with van der Waals surface area (Å²) in [4.78, 5) is 5.01. The Morgan fingerprint density at radius 1 is 0.288 bits per heavy atom. The van der Waals surface area contributed by atoms with Crippen molar-refractivity contribution in [2.45, 2.75) is 93.9 Å². The molecule has 0 fully saturated rings. The maximum atomic E-state index is 2.59. The van der Waals surface area contributed by atoms with Crippen molar-refractivity contribution in [3.8, 4) is 22.3 Å². The van der Waals surface area contributed by atoms with Gasteiger partial charge >= 0.3 is 0 Å². The first-order valence-corrected chi connectivity index (χ1v) is 23.8. The molecular weight excluding hydrogens is 797 g/mol. The molecule has 2 nitrogen and oxygen atoms in total. The molecule has 0 atom stereocenters. The normalized spacial score (nSPS) is 14.0. The minimum absolute atomic E-state index is 0.261. The van der Waals surface area contributed by atoms with Gasteiger partial charge in [-0.05, 0) is 228 Å².